The summed E-state index contributed by atoms with van der Waals surface area (Å²) in [6.45, 7) is 49.5. The number of aliphatic hydroxyl groups excluding tert-OH is 1. The van der Waals surface area contributed by atoms with Gasteiger partial charge in [-0.05, 0) is 96.5 Å². The molecule has 0 unspecified atom stereocenters. The Hall–Kier alpha value is -0.152. The van der Waals surface area contributed by atoms with E-state index in [9.17, 15) is 5.11 Å². The van der Waals surface area contributed by atoms with Gasteiger partial charge in [-0.25, -0.2) is 0 Å². The molecular formula is C40H81NO5Si4. The van der Waals surface area contributed by atoms with E-state index in [1.54, 1.807) is 0 Å². The number of aliphatic hydroxyl groups is 1. The highest BCUT2D eigenvalue weighted by atomic mass is 28.4. The van der Waals surface area contributed by atoms with Gasteiger partial charge in [0.2, 0.25) is 0 Å². The van der Waals surface area contributed by atoms with Gasteiger partial charge >= 0.3 is 0 Å². The molecule has 1 aliphatic rings. The van der Waals surface area contributed by atoms with Gasteiger partial charge in [0.15, 0.2) is 33.3 Å². The summed E-state index contributed by atoms with van der Waals surface area (Å²) in [5.74, 6) is 0. The van der Waals surface area contributed by atoms with Crippen LogP contribution in [-0.2, 0) is 30.5 Å². The molecule has 0 radical (unpaired) electrons. The van der Waals surface area contributed by atoms with Crippen molar-refractivity contribution in [2.75, 3.05) is 26.3 Å². The molecule has 50 heavy (non-hydrogen) atoms. The Bertz CT molecular complexity index is 1210. The first-order valence-electron chi connectivity index (χ1n) is 19.4. The standard InChI is InChI=1S/C40H81NO5Si4/c1-37(2,3)47(13,14)43-30-33-35(45-49(17,18)39(7,8)9)36(46-50(19,20)40(10,11)12)34(44-48(15,16)38(4,5)6)29-41(33)27-25-31-21-23-32(24-22-31)26-28-42/h21-24,33-36,42H,25-30H2,1-20H3/t33-,34+,35-,36-/m1/s1. The maximum absolute atomic E-state index is 9.46. The highest BCUT2D eigenvalue weighted by Gasteiger charge is 2.55. The Labute approximate surface area is 314 Å². The third-order valence-corrected chi connectivity index (χ3v) is 31.2. The molecule has 1 heterocycles. The minimum absolute atomic E-state index is 0.0287. The largest absolute Gasteiger partial charge is 0.415 e. The molecule has 10 heteroatoms. The van der Waals surface area contributed by atoms with Gasteiger partial charge in [-0.2, -0.15) is 0 Å². The Morgan fingerprint density at radius 3 is 1.36 bits per heavy atom. The summed E-state index contributed by atoms with van der Waals surface area (Å²) in [5.41, 5.74) is 2.48. The Morgan fingerprint density at radius 1 is 0.580 bits per heavy atom. The second kappa shape index (κ2) is 16.3. The molecule has 1 N–H and O–H groups in total. The van der Waals surface area contributed by atoms with E-state index in [1.165, 1.54) is 11.1 Å². The third kappa shape index (κ3) is 11.7. The summed E-state index contributed by atoms with van der Waals surface area (Å²) in [5, 5.41) is 9.70. The zero-order valence-corrected chi connectivity index (χ0v) is 40.4. The van der Waals surface area contributed by atoms with Crippen molar-refractivity contribution in [2.45, 2.75) is 193 Å². The lowest BCUT2D eigenvalue weighted by molar-refractivity contribution is -0.128. The molecule has 0 aliphatic carbocycles. The van der Waals surface area contributed by atoms with Gasteiger partial charge in [0, 0.05) is 19.7 Å². The van der Waals surface area contributed by atoms with Crippen molar-refractivity contribution in [3.8, 4) is 0 Å². The molecule has 0 amide bonds. The van der Waals surface area contributed by atoms with Crippen molar-refractivity contribution in [2.24, 2.45) is 0 Å². The van der Waals surface area contributed by atoms with Crippen molar-refractivity contribution in [3.05, 3.63) is 35.4 Å². The second-order valence-electron chi connectivity index (χ2n) is 21.3. The molecule has 2 rings (SSSR count). The molecule has 0 bridgehead atoms. The molecule has 292 valence electrons. The fourth-order valence-electron chi connectivity index (χ4n) is 5.33. The number of nitrogens with zero attached hydrogens (tertiary/aromatic N) is 1. The summed E-state index contributed by atoms with van der Waals surface area (Å²) in [7, 11) is -8.76. The van der Waals surface area contributed by atoms with Crippen molar-refractivity contribution >= 4 is 33.3 Å². The number of hydrogen-bond donors (Lipinski definition) is 1. The van der Waals surface area contributed by atoms with Crippen LogP contribution in [0.2, 0.25) is 72.5 Å². The van der Waals surface area contributed by atoms with Gasteiger partial charge in [-0.15, -0.1) is 0 Å². The number of benzene rings is 1. The number of piperidine rings is 1. The topological polar surface area (TPSA) is 60.4 Å². The van der Waals surface area contributed by atoms with E-state index in [-0.39, 0.29) is 51.1 Å². The molecule has 1 fully saturated rings. The van der Waals surface area contributed by atoms with E-state index < -0.39 is 33.3 Å². The SMILES string of the molecule is CC(C)(C)[Si](C)(C)OC[C@@H]1[C@@H](O[Si](C)(C)C(C)(C)C)[C@H](O[Si](C)(C)C(C)(C)C)[C@@H](O[Si](C)(C)C(C)(C)C)CN1CCc1ccc(CCO)cc1. The van der Waals surface area contributed by atoms with Gasteiger partial charge in [0.05, 0.1) is 31.0 Å². The van der Waals surface area contributed by atoms with Gasteiger partial charge in [0.1, 0.15) is 0 Å². The first kappa shape index (κ1) is 46.0. The van der Waals surface area contributed by atoms with Crippen LogP contribution < -0.4 is 0 Å². The van der Waals surface area contributed by atoms with Crippen molar-refractivity contribution in [1.82, 2.24) is 4.90 Å². The second-order valence-corrected chi connectivity index (χ2v) is 40.4. The maximum atomic E-state index is 9.46. The van der Waals surface area contributed by atoms with Crippen LogP contribution >= 0.6 is 0 Å². The van der Waals surface area contributed by atoms with Crippen LogP contribution in [0.3, 0.4) is 0 Å². The molecule has 6 nitrogen and oxygen atoms in total. The predicted octanol–water partition coefficient (Wildman–Crippen LogP) is 10.6. The minimum Gasteiger partial charge on any atom is -0.415 e. The van der Waals surface area contributed by atoms with Crippen molar-refractivity contribution in [1.29, 1.82) is 0 Å². The first-order chi connectivity index (χ1) is 22.3. The fraction of sp³-hybridized carbons (Fsp3) is 0.850. The van der Waals surface area contributed by atoms with Crippen molar-refractivity contribution in [3.63, 3.8) is 0 Å². The summed E-state index contributed by atoms with van der Waals surface area (Å²) in [4.78, 5) is 2.65. The third-order valence-electron chi connectivity index (χ3n) is 13.2. The molecule has 0 spiro atoms. The van der Waals surface area contributed by atoms with Crippen LogP contribution in [-0.4, -0.2) is 93.9 Å². The zero-order valence-electron chi connectivity index (χ0n) is 36.4. The van der Waals surface area contributed by atoms with Crippen LogP contribution in [0.25, 0.3) is 0 Å². The lowest BCUT2D eigenvalue weighted by Crippen LogP contribution is -2.70. The van der Waals surface area contributed by atoms with E-state index in [2.05, 4.69) is 165 Å². The highest BCUT2D eigenvalue weighted by Crippen LogP contribution is 2.46. The summed E-state index contributed by atoms with van der Waals surface area (Å²) < 4.78 is 29.9. The van der Waals surface area contributed by atoms with E-state index in [4.69, 9.17) is 17.7 Å². The lowest BCUT2D eigenvalue weighted by atomic mass is 9.93. The zero-order chi connectivity index (χ0) is 38.9. The molecule has 1 aliphatic heterocycles. The van der Waals surface area contributed by atoms with E-state index in [0.29, 0.717) is 13.0 Å². The Morgan fingerprint density at radius 2 is 0.960 bits per heavy atom. The monoisotopic (exact) mass is 768 g/mol. The van der Waals surface area contributed by atoms with Crippen LogP contribution in [0.4, 0.5) is 0 Å². The molecule has 0 aromatic heterocycles. The molecule has 0 saturated carbocycles. The number of hydrogen-bond acceptors (Lipinski definition) is 6. The molecular weight excluding hydrogens is 687 g/mol. The van der Waals surface area contributed by atoms with Crippen LogP contribution in [0, 0.1) is 0 Å². The van der Waals surface area contributed by atoms with Gasteiger partial charge in [0.25, 0.3) is 0 Å². The normalized spacial score (nSPS) is 22.7. The Balaban J connectivity index is 2.80. The van der Waals surface area contributed by atoms with Gasteiger partial charge < -0.3 is 22.8 Å². The molecule has 1 saturated heterocycles. The molecule has 4 atom stereocenters. The van der Waals surface area contributed by atoms with Gasteiger partial charge in [-0.1, -0.05) is 107 Å². The van der Waals surface area contributed by atoms with E-state index >= 15 is 0 Å². The van der Waals surface area contributed by atoms with Crippen LogP contribution in [0.5, 0.6) is 0 Å². The lowest BCUT2D eigenvalue weighted by Gasteiger charge is -2.56. The van der Waals surface area contributed by atoms with E-state index in [0.717, 1.165) is 19.5 Å². The molecule has 1 aromatic carbocycles. The molecule has 1 aromatic rings. The summed E-state index contributed by atoms with van der Waals surface area (Å²) >= 11 is 0. The Kier molecular flexibility index (Phi) is 15.0. The van der Waals surface area contributed by atoms with Gasteiger partial charge in [-0.3, -0.25) is 4.90 Å². The van der Waals surface area contributed by atoms with E-state index in [1.807, 2.05) is 0 Å². The average molecular weight is 768 g/mol. The summed E-state index contributed by atoms with van der Waals surface area (Å²) in [6.07, 6.45) is 1.11. The number of rotatable bonds is 14. The maximum Gasteiger partial charge on any atom is 0.192 e. The van der Waals surface area contributed by atoms with Crippen molar-refractivity contribution < 1.29 is 22.8 Å². The first-order valence-corrected chi connectivity index (χ1v) is 31.0. The highest BCUT2D eigenvalue weighted by molar-refractivity contribution is 6.75. The van der Waals surface area contributed by atoms with Crippen LogP contribution in [0.15, 0.2) is 24.3 Å². The quantitative estimate of drug-likeness (QED) is 0.190. The minimum atomic E-state index is -2.26. The number of likely N-dealkylation sites (tertiary alicyclic amines) is 1. The summed E-state index contributed by atoms with van der Waals surface area (Å²) in [6, 6.07) is 8.81. The van der Waals surface area contributed by atoms with Crippen LogP contribution in [0.1, 0.15) is 94.2 Å². The predicted molar refractivity (Wildman–Crippen MR) is 226 cm³/mol. The fourth-order valence-corrected chi connectivity index (χ4v) is 10.3. The smallest absolute Gasteiger partial charge is 0.192 e. The average Bonchev–Trinajstić information content (AvgIpc) is 2.91.